The minimum Gasteiger partial charge on any atom is -0.480 e. The summed E-state index contributed by atoms with van der Waals surface area (Å²) in [4.78, 5) is 37.4. The highest BCUT2D eigenvalue weighted by molar-refractivity contribution is 5.81. The Bertz CT molecular complexity index is 963. The van der Waals surface area contributed by atoms with Gasteiger partial charge in [0.25, 0.3) is 0 Å². The van der Waals surface area contributed by atoms with Gasteiger partial charge >= 0.3 is 12.1 Å². The summed E-state index contributed by atoms with van der Waals surface area (Å²) in [5.74, 6) is -1.51. The number of alkyl carbamates (subject to hydrolysis) is 1. The molecule has 0 aromatic heterocycles. The number of ether oxygens (including phenoxy) is 2. The summed E-state index contributed by atoms with van der Waals surface area (Å²) in [6, 6.07) is 16.3. The van der Waals surface area contributed by atoms with E-state index < -0.39 is 12.1 Å². The fourth-order valence-electron chi connectivity index (χ4n) is 4.27. The number of amides is 2. The number of carbonyl (C=O) groups excluding carboxylic acids is 2. The van der Waals surface area contributed by atoms with E-state index in [1.807, 2.05) is 31.2 Å². The first-order chi connectivity index (χ1) is 16.4. The maximum absolute atomic E-state index is 12.6. The third-order valence-corrected chi connectivity index (χ3v) is 6.16. The number of fused-ring (bicyclic) bond motifs is 3. The number of aliphatic carboxylic acids is 1. The van der Waals surface area contributed by atoms with Gasteiger partial charge in [0.1, 0.15) is 13.2 Å². The van der Waals surface area contributed by atoms with E-state index in [1.54, 1.807) is 0 Å². The van der Waals surface area contributed by atoms with Crippen LogP contribution in [-0.4, -0.2) is 67.9 Å². The van der Waals surface area contributed by atoms with Crippen molar-refractivity contribution in [2.45, 2.75) is 25.7 Å². The average molecular weight is 469 g/mol. The van der Waals surface area contributed by atoms with Gasteiger partial charge in [-0.25, -0.2) is 4.79 Å². The summed E-state index contributed by atoms with van der Waals surface area (Å²) in [5.41, 5.74) is 4.61. The molecule has 0 aliphatic heterocycles. The van der Waals surface area contributed by atoms with E-state index in [9.17, 15) is 14.4 Å². The first-order valence-electron chi connectivity index (χ1n) is 11.5. The number of nitrogens with zero attached hydrogens (tertiary/aromatic N) is 1. The maximum atomic E-state index is 12.6. The van der Waals surface area contributed by atoms with Crippen molar-refractivity contribution in [2.75, 3.05) is 40.0 Å². The smallest absolute Gasteiger partial charge is 0.407 e. The molecule has 0 fully saturated rings. The van der Waals surface area contributed by atoms with Crippen LogP contribution >= 0.6 is 0 Å². The highest BCUT2D eigenvalue weighted by atomic mass is 16.5. The summed E-state index contributed by atoms with van der Waals surface area (Å²) < 4.78 is 10.5. The molecule has 2 N–H and O–H groups in total. The lowest BCUT2D eigenvalue weighted by Gasteiger charge is -2.23. The van der Waals surface area contributed by atoms with Crippen molar-refractivity contribution in [1.29, 1.82) is 0 Å². The van der Waals surface area contributed by atoms with Crippen molar-refractivity contribution < 1.29 is 29.0 Å². The molecular weight excluding hydrogens is 436 g/mol. The van der Waals surface area contributed by atoms with Gasteiger partial charge in [-0.3, -0.25) is 9.59 Å². The topological polar surface area (TPSA) is 105 Å². The number of nitrogens with one attached hydrogen (secondary N) is 1. The summed E-state index contributed by atoms with van der Waals surface area (Å²) >= 11 is 0. The summed E-state index contributed by atoms with van der Waals surface area (Å²) in [6.07, 6.45) is 0.257. The second-order valence-corrected chi connectivity index (χ2v) is 8.39. The Labute approximate surface area is 199 Å². The molecule has 8 nitrogen and oxygen atoms in total. The normalized spacial score (nSPS) is 13.0. The van der Waals surface area contributed by atoms with Crippen LogP contribution in [0.2, 0.25) is 0 Å². The Hall–Kier alpha value is -3.39. The fourth-order valence-corrected chi connectivity index (χ4v) is 4.27. The molecule has 182 valence electrons. The maximum Gasteiger partial charge on any atom is 0.407 e. The molecule has 2 aromatic carbocycles. The van der Waals surface area contributed by atoms with Gasteiger partial charge in [-0.2, -0.15) is 0 Å². The number of benzene rings is 2. The molecule has 8 heteroatoms. The molecule has 3 rings (SSSR count). The van der Waals surface area contributed by atoms with Gasteiger partial charge in [0.05, 0.1) is 6.61 Å². The predicted octanol–water partition coefficient (Wildman–Crippen LogP) is 3.50. The van der Waals surface area contributed by atoms with Gasteiger partial charge in [-0.15, -0.1) is 0 Å². The lowest BCUT2D eigenvalue weighted by molar-refractivity contribution is -0.145. The molecule has 1 aliphatic carbocycles. The largest absolute Gasteiger partial charge is 0.480 e. The number of methoxy groups -OCH3 is 1. The van der Waals surface area contributed by atoms with Gasteiger partial charge in [-0.1, -0.05) is 61.9 Å². The molecular formula is C26H32N2O6. The van der Waals surface area contributed by atoms with E-state index in [0.717, 1.165) is 22.3 Å². The van der Waals surface area contributed by atoms with Crippen LogP contribution in [0.15, 0.2) is 48.5 Å². The Morgan fingerprint density at radius 2 is 1.68 bits per heavy atom. The first kappa shape index (κ1) is 25.2. The van der Waals surface area contributed by atoms with E-state index in [2.05, 4.69) is 29.6 Å². The quantitative estimate of drug-likeness (QED) is 0.494. The van der Waals surface area contributed by atoms with Crippen molar-refractivity contribution in [2.24, 2.45) is 5.92 Å². The number of hydrogen-bond acceptors (Lipinski definition) is 5. The first-order valence-corrected chi connectivity index (χ1v) is 11.5. The van der Waals surface area contributed by atoms with E-state index >= 15 is 0 Å². The van der Waals surface area contributed by atoms with Crippen molar-refractivity contribution in [3.63, 3.8) is 0 Å². The highest BCUT2D eigenvalue weighted by Crippen LogP contribution is 2.44. The molecule has 34 heavy (non-hydrogen) atoms. The Morgan fingerprint density at radius 1 is 1.06 bits per heavy atom. The third-order valence-electron chi connectivity index (χ3n) is 6.16. The van der Waals surface area contributed by atoms with Gasteiger partial charge in [0.15, 0.2) is 0 Å². The van der Waals surface area contributed by atoms with Crippen molar-refractivity contribution in [3.05, 3.63) is 59.7 Å². The van der Waals surface area contributed by atoms with Gasteiger partial charge in [-0.05, 0) is 28.2 Å². The van der Waals surface area contributed by atoms with Crippen LogP contribution in [-0.2, 0) is 19.1 Å². The van der Waals surface area contributed by atoms with E-state index in [0.29, 0.717) is 6.42 Å². The molecule has 1 atom stereocenters. The standard InChI is InChI=1S/C26H32N2O6/c1-3-18(14-24(29)28(12-13-33-2)16-25(30)31)15-27-26(32)34-17-23-21-10-6-4-8-19(21)20-9-5-7-11-22(20)23/h4-11,18,23H,3,12-17H2,1-2H3,(H,27,32)(H,30,31). The second-order valence-electron chi connectivity index (χ2n) is 8.39. The van der Waals surface area contributed by atoms with Gasteiger partial charge in [0, 0.05) is 32.5 Å². The summed E-state index contributed by atoms with van der Waals surface area (Å²) in [7, 11) is 1.50. The molecule has 0 saturated carbocycles. The lowest BCUT2D eigenvalue weighted by Crippen LogP contribution is -2.40. The molecule has 0 heterocycles. The Balaban J connectivity index is 1.52. The predicted molar refractivity (Wildman–Crippen MR) is 128 cm³/mol. The third kappa shape index (κ3) is 6.35. The summed E-state index contributed by atoms with van der Waals surface area (Å²) in [5, 5.41) is 11.8. The summed E-state index contributed by atoms with van der Waals surface area (Å²) in [6.45, 7) is 2.50. The van der Waals surface area contributed by atoms with E-state index in [1.165, 1.54) is 12.0 Å². The Kier molecular flexibility index (Phi) is 9.04. The van der Waals surface area contributed by atoms with Crippen molar-refractivity contribution >= 4 is 18.0 Å². The van der Waals surface area contributed by atoms with Crippen molar-refractivity contribution in [3.8, 4) is 11.1 Å². The van der Waals surface area contributed by atoms with Crippen LogP contribution in [0.1, 0.15) is 36.8 Å². The second kappa shape index (κ2) is 12.2. The van der Waals surface area contributed by atoms with Crippen LogP contribution in [0.3, 0.4) is 0 Å². The number of carboxylic acid groups (broad SMARTS) is 1. The lowest BCUT2D eigenvalue weighted by atomic mass is 9.98. The van der Waals surface area contributed by atoms with Gasteiger partial charge < -0.3 is 24.8 Å². The van der Waals surface area contributed by atoms with Crippen LogP contribution in [0.5, 0.6) is 0 Å². The average Bonchev–Trinajstić information content (AvgIpc) is 3.16. The fraction of sp³-hybridized carbons (Fsp3) is 0.423. The minimum absolute atomic E-state index is 0.0212. The number of rotatable bonds is 12. The SMILES string of the molecule is CCC(CNC(=O)OCC1c2ccccc2-c2ccccc21)CC(=O)N(CCOC)CC(=O)O. The molecule has 0 spiro atoms. The number of hydrogen-bond donors (Lipinski definition) is 2. The van der Waals surface area contributed by atoms with Crippen LogP contribution < -0.4 is 5.32 Å². The molecule has 0 saturated heterocycles. The molecule has 0 radical (unpaired) electrons. The molecule has 0 bridgehead atoms. The molecule has 2 aromatic rings. The molecule has 1 aliphatic rings. The van der Waals surface area contributed by atoms with Crippen LogP contribution in [0.25, 0.3) is 11.1 Å². The highest BCUT2D eigenvalue weighted by Gasteiger charge is 2.29. The van der Waals surface area contributed by atoms with E-state index in [4.69, 9.17) is 14.6 Å². The monoisotopic (exact) mass is 468 g/mol. The van der Waals surface area contributed by atoms with Crippen LogP contribution in [0, 0.1) is 5.92 Å². The Morgan fingerprint density at radius 3 is 2.24 bits per heavy atom. The van der Waals surface area contributed by atoms with Crippen molar-refractivity contribution in [1.82, 2.24) is 10.2 Å². The zero-order valence-electron chi connectivity index (χ0n) is 19.7. The zero-order chi connectivity index (χ0) is 24.5. The number of carbonyl (C=O) groups is 3. The van der Waals surface area contributed by atoms with Crippen LogP contribution in [0.4, 0.5) is 4.79 Å². The molecule has 1 unspecified atom stereocenters. The minimum atomic E-state index is -1.07. The number of carboxylic acids is 1. The molecule has 2 amide bonds. The zero-order valence-corrected chi connectivity index (χ0v) is 19.7. The van der Waals surface area contributed by atoms with E-state index in [-0.39, 0.29) is 57.0 Å². The van der Waals surface area contributed by atoms with Gasteiger partial charge in [0.2, 0.25) is 5.91 Å².